The Labute approximate surface area is 129 Å². The zero-order valence-electron chi connectivity index (χ0n) is 11.2. The van der Waals surface area contributed by atoms with Gasteiger partial charge in [0.1, 0.15) is 0 Å². The van der Waals surface area contributed by atoms with Crippen LogP contribution in [0.2, 0.25) is 0 Å². The highest BCUT2D eigenvalue weighted by Crippen LogP contribution is 2.30. The number of aryl methyl sites for hydroxylation is 1. The van der Waals surface area contributed by atoms with Crippen molar-refractivity contribution in [3.8, 4) is 5.75 Å². The van der Waals surface area contributed by atoms with Crippen molar-refractivity contribution < 1.29 is 14.5 Å². The summed E-state index contributed by atoms with van der Waals surface area (Å²) >= 11 is 3.16. The van der Waals surface area contributed by atoms with Crippen LogP contribution in [0.25, 0.3) is 0 Å². The summed E-state index contributed by atoms with van der Waals surface area (Å²) in [5.74, 6) is -0.153. The highest BCUT2D eigenvalue weighted by Gasteiger charge is 2.17. The third-order valence-corrected chi connectivity index (χ3v) is 3.31. The number of ether oxygens (including phenoxy) is 1. The third-order valence-electron chi connectivity index (χ3n) is 2.82. The fourth-order valence-corrected chi connectivity index (χ4v) is 2.15. The number of carbonyl (C=O) groups is 1. The molecule has 6 heteroatoms. The van der Waals surface area contributed by atoms with Gasteiger partial charge in [-0.3, -0.25) is 14.9 Å². The molecule has 0 fully saturated rings. The van der Waals surface area contributed by atoms with E-state index in [-0.39, 0.29) is 23.8 Å². The highest BCUT2D eigenvalue weighted by atomic mass is 79.9. The van der Waals surface area contributed by atoms with Crippen LogP contribution in [-0.2, 0) is 0 Å². The first kappa shape index (κ1) is 15.2. The molecule has 5 nitrogen and oxygen atoms in total. The van der Waals surface area contributed by atoms with E-state index in [0.717, 1.165) is 5.56 Å². The first-order chi connectivity index (χ1) is 9.97. The molecule has 0 radical (unpaired) electrons. The molecule has 2 aromatic carbocycles. The Bertz CT molecular complexity index is 700. The van der Waals surface area contributed by atoms with Crippen LogP contribution in [-0.4, -0.2) is 17.3 Å². The summed E-state index contributed by atoms with van der Waals surface area (Å²) in [5, 5.41) is 11.0. The second-order valence-electron chi connectivity index (χ2n) is 4.45. The molecule has 0 N–H and O–H groups in total. The number of Topliss-reactive ketones (excluding diaryl/α,β-unsaturated/α-hetero) is 1. The molecular weight excluding hydrogens is 338 g/mol. The van der Waals surface area contributed by atoms with Gasteiger partial charge in [0.2, 0.25) is 0 Å². The van der Waals surface area contributed by atoms with Gasteiger partial charge < -0.3 is 4.74 Å². The van der Waals surface area contributed by atoms with Crippen molar-refractivity contribution >= 4 is 27.4 Å². The van der Waals surface area contributed by atoms with E-state index in [1.54, 1.807) is 24.3 Å². The predicted molar refractivity (Wildman–Crippen MR) is 81.8 cm³/mol. The van der Waals surface area contributed by atoms with E-state index >= 15 is 0 Å². The molecule has 0 unspecified atom stereocenters. The molecule has 0 amide bonds. The molecule has 2 rings (SSSR count). The van der Waals surface area contributed by atoms with Gasteiger partial charge in [0.25, 0.3) is 0 Å². The molecule has 0 aliphatic heterocycles. The fraction of sp³-hybridized carbons (Fsp3) is 0.133. The predicted octanol–water partition coefficient (Wildman–Crippen LogP) is 3.93. The van der Waals surface area contributed by atoms with Crippen molar-refractivity contribution in [2.75, 3.05) is 6.61 Å². The molecular formula is C15H12BrNO4. The van der Waals surface area contributed by atoms with E-state index in [2.05, 4.69) is 15.9 Å². The maximum absolute atomic E-state index is 12.0. The van der Waals surface area contributed by atoms with Crippen molar-refractivity contribution in [1.29, 1.82) is 0 Å². The second-order valence-corrected chi connectivity index (χ2v) is 5.37. The minimum Gasteiger partial charge on any atom is -0.478 e. The lowest BCUT2D eigenvalue weighted by molar-refractivity contribution is -0.385. The molecule has 0 bridgehead atoms. The lowest BCUT2D eigenvalue weighted by atomic mass is 10.1. The van der Waals surface area contributed by atoms with Gasteiger partial charge in [0.15, 0.2) is 18.1 Å². The van der Waals surface area contributed by atoms with Crippen molar-refractivity contribution in [1.82, 2.24) is 0 Å². The van der Waals surface area contributed by atoms with Crippen LogP contribution in [0.3, 0.4) is 0 Å². The van der Waals surface area contributed by atoms with Crippen LogP contribution >= 0.6 is 15.9 Å². The van der Waals surface area contributed by atoms with Gasteiger partial charge in [0, 0.05) is 16.1 Å². The average Bonchev–Trinajstić information content (AvgIpc) is 2.45. The lowest BCUT2D eigenvalue weighted by Gasteiger charge is -2.07. The van der Waals surface area contributed by atoms with Crippen molar-refractivity contribution in [2.24, 2.45) is 0 Å². The fourth-order valence-electron chi connectivity index (χ4n) is 1.80. The molecule has 0 saturated heterocycles. The molecule has 0 aliphatic rings. The zero-order valence-corrected chi connectivity index (χ0v) is 12.8. The SMILES string of the molecule is Cc1cccc(C(=O)COc2ccc(Br)cc2[N+](=O)[O-])c1. The van der Waals surface area contributed by atoms with Gasteiger partial charge in [-0.15, -0.1) is 0 Å². The van der Waals surface area contributed by atoms with E-state index in [1.165, 1.54) is 12.1 Å². The van der Waals surface area contributed by atoms with Crippen LogP contribution in [0.15, 0.2) is 46.9 Å². The summed E-state index contributed by atoms with van der Waals surface area (Å²) in [4.78, 5) is 22.4. The Morgan fingerprint density at radius 2 is 2.05 bits per heavy atom. The number of nitro groups is 1. The lowest BCUT2D eigenvalue weighted by Crippen LogP contribution is -2.12. The van der Waals surface area contributed by atoms with Crippen molar-refractivity contribution in [3.05, 3.63) is 68.2 Å². The first-order valence-electron chi connectivity index (χ1n) is 6.14. The number of rotatable bonds is 5. The Balaban J connectivity index is 2.13. The Kier molecular flexibility index (Phi) is 4.70. The minimum absolute atomic E-state index is 0.0733. The van der Waals surface area contributed by atoms with Gasteiger partial charge in [-0.25, -0.2) is 0 Å². The quantitative estimate of drug-likeness (QED) is 0.465. The summed E-state index contributed by atoms with van der Waals surface area (Å²) in [6.45, 7) is 1.64. The van der Waals surface area contributed by atoms with E-state index in [0.29, 0.717) is 10.0 Å². The zero-order chi connectivity index (χ0) is 15.4. The topological polar surface area (TPSA) is 69.4 Å². The number of ketones is 1. The molecule has 108 valence electrons. The third kappa shape index (κ3) is 3.88. The number of nitrogens with zero attached hydrogens (tertiary/aromatic N) is 1. The Morgan fingerprint density at radius 1 is 1.29 bits per heavy atom. The number of nitro benzene ring substituents is 1. The second kappa shape index (κ2) is 6.49. The molecule has 0 saturated carbocycles. The molecule has 0 spiro atoms. The standard InChI is InChI=1S/C15H12BrNO4/c1-10-3-2-4-11(7-10)14(18)9-21-15-6-5-12(16)8-13(15)17(19)20/h2-8H,9H2,1H3. The van der Waals surface area contributed by atoms with E-state index in [4.69, 9.17) is 4.74 Å². The van der Waals surface area contributed by atoms with Crippen LogP contribution in [0, 0.1) is 17.0 Å². The van der Waals surface area contributed by atoms with E-state index in [9.17, 15) is 14.9 Å². The van der Waals surface area contributed by atoms with Gasteiger partial charge >= 0.3 is 5.69 Å². The number of hydrogen-bond acceptors (Lipinski definition) is 4. The smallest absolute Gasteiger partial charge is 0.312 e. The summed E-state index contributed by atoms with van der Waals surface area (Å²) in [5.41, 5.74) is 1.31. The molecule has 21 heavy (non-hydrogen) atoms. The van der Waals surface area contributed by atoms with Gasteiger partial charge in [-0.05, 0) is 25.1 Å². The molecule has 0 aromatic heterocycles. The Hall–Kier alpha value is -2.21. The molecule has 0 atom stereocenters. The number of carbonyl (C=O) groups excluding carboxylic acids is 1. The molecule has 0 heterocycles. The highest BCUT2D eigenvalue weighted by molar-refractivity contribution is 9.10. The van der Waals surface area contributed by atoms with Gasteiger partial charge in [-0.1, -0.05) is 39.7 Å². The van der Waals surface area contributed by atoms with Crippen LogP contribution in [0.4, 0.5) is 5.69 Å². The number of hydrogen-bond donors (Lipinski definition) is 0. The molecule has 0 aliphatic carbocycles. The first-order valence-corrected chi connectivity index (χ1v) is 6.93. The van der Waals surface area contributed by atoms with E-state index in [1.807, 2.05) is 13.0 Å². The van der Waals surface area contributed by atoms with Gasteiger partial charge in [-0.2, -0.15) is 0 Å². The normalized spacial score (nSPS) is 10.2. The van der Waals surface area contributed by atoms with Crippen LogP contribution in [0.5, 0.6) is 5.75 Å². The summed E-state index contributed by atoms with van der Waals surface area (Å²) in [6, 6.07) is 11.5. The largest absolute Gasteiger partial charge is 0.478 e. The van der Waals surface area contributed by atoms with Crippen molar-refractivity contribution in [2.45, 2.75) is 6.92 Å². The Morgan fingerprint density at radius 3 is 2.71 bits per heavy atom. The summed E-state index contributed by atoms with van der Waals surface area (Å²) < 4.78 is 5.87. The average molecular weight is 350 g/mol. The van der Waals surface area contributed by atoms with Crippen LogP contribution in [0.1, 0.15) is 15.9 Å². The minimum atomic E-state index is -0.544. The molecule has 2 aromatic rings. The monoisotopic (exact) mass is 349 g/mol. The maximum atomic E-state index is 12.0. The number of halogens is 1. The summed E-state index contributed by atoms with van der Waals surface area (Å²) in [6.07, 6.45) is 0. The van der Waals surface area contributed by atoms with E-state index < -0.39 is 4.92 Å². The summed E-state index contributed by atoms with van der Waals surface area (Å²) in [7, 11) is 0. The van der Waals surface area contributed by atoms with Gasteiger partial charge in [0.05, 0.1) is 4.92 Å². The van der Waals surface area contributed by atoms with Crippen LogP contribution < -0.4 is 4.74 Å². The van der Waals surface area contributed by atoms with Crippen molar-refractivity contribution in [3.63, 3.8) is 0 Å². The maximum Gasteiger partial charge on any atom is 0.312 e. The number of benzene rings is 2.